The number of carbonyl (C=O) groups excluding carboxylic acids is 2. The number of nitrogens with one attached hydrogen (secondary N) is 2. The van der Waals surface area contributed by atoms with Crippen molar-refractivity contribution in [2.45, 2.75) is 77.7 Å². The highest BCUT2D eigenvalue weighted by Gasteiger charge is 2.53. The smallest absolute Gasteiger partial charge is 0.309 e. The van der Waals surface area contributed by atoms with Crippen molar-refractivity contribution in [3.8, 4) is 0 Å². The monoisotopic (exact) mass is 399 g/mol. The second-order valence-electron chi connectivity index (χ2n) is 10.2. The zero-order chi connectivity index (χ0) is 20.2. The molecule has 29 heavy (non-hydrogen) atoms. The molecule has 4 saturated carbocycles. The van der Waals surface area contributed by atoms with Gasteiger partial charge in [0, 0.05) is 17.3 Å². The quantitative estimate of drug-likeness (QED) is 0.743. The van der Waals surface area contributed by atoms with E-state index in [1.807, 2.05) is 6.92 Å². The van der Waals surface area contributed by atoms with Crippen LogP contribution in [0.2, 0.25) is 0 Å². The van der Waals surface area contributed by atoms with Crippen LogP contribution < -0.4 is 5.32 Å². The lowest BCUT2D eigenvalue weighted by molar-refractivity contribution is -0.148. The molecule has 4 bridgehead atoms. The van der Waals surface area contributed by atoms with Crippen LogP contribution in [0.3, 0.4) is 0 Å². The molecular formula is C23H33N3O3. The number of fused-ring (bicyclic) bond motifs is 1. The fourth-order valence-corrected chi connectivity index (χ4v) is 7.27. The van der Waals surface area contributed by atoms with Crippen molar-refractivity contribution < 1.29 is 14.3 Å². The van der Waals surface area contributed by atoms with E-state index in [0.29, 0.717) is 18.7 Å². The normalized spacial score (nSPS) is 35.8. The lowest BCUT2D eigenvalue weighted by Gasteiger charge is -2.59. The Morgan fingerprint density at radius 1 is 1.21 bits per heavy atom. The number of amides is 1. The third-order valence-corrected chi connectivity index (χ3v) is 8.33. The van der Waals surface area contributed by atoms with E-state index in [9.17, 15) is 9.59 Å². The molecule has 5 aliphatic rings. The lowest BCUT2D eigenvalue weighted by Crippen LogP contribution is -2.55. The van der Waals surface area contributed by atoms with Gasteiger partial charge in [-0.1, -0.05) is 0 Å². The first-order valence-electron chi connectivity index (χ1n) is 11.5. The number of nitrogens with zero attached hydrogens (tertiary/aromatic N) is 1. The minimum absolute atomic E-state index is 0.0877. The number of aromatic amines is 1. The molecule has 1 aromatic rings. The fourth-order valence-electron chi connectivity index (χ4n) is 7.27. The molecule has 2 unspecified atom stereocenters. The van der Waals surface area contributed by atoms with Crippen molar-refractivity contribution in [1.29, 1.82) is 0 Å². The van der Waals surface area contributed by atoms with Gasteiger partial charge in [0.25, 0.3) is 5.91 Å². The molecule has 0 saturated heterocycles. The van der Waals surface area contributed by atoms with Gasteiger partial charge in [-0.3, -0.25) is 14.7 Å². The van der Waals surface area contributed by atoms with Gasteiger partial charge in [0.05, 0.1) is 12.5 Å². The van der Waals surface area contributed by atoms with E-state index in [1.165, 1.54) is 38.5 Å². The largest absolute Gasteiger partial charge is 0.466 e. The lowest BCUT2D eigenvalue weighted by atomic mass is 9.48. The van der Waals surface area contributed by atoms with Crippen LogP contribution in [-0.4, -0.2) is 34.7 Å². The van der Waals surface area contributed by atoms with Crippen LogP contribution in [0.4, 0.5) is 0 Å². The zero-order valence-corrected chi connectivity index (χ0v) is 17.6. The molecule has 0 aromatic carbocycles. The molecule has 6 heteroatoms. The van der Waals surface area contributed by atoms with E-state index in [-0.39, 0.29) is 29.3 Å². The molecular weight excluding hydrogens is 366 g/mol. The number of rotatable bonds is 5. The van der Waals surface area contributed by atoms with E-state index in [4.69, 9.17) is 4.74 Å². The van der Waals surface area contributed by atoms with E-state index in [1.54, 1.807) is 0 Å². The maximum absolute atomic E-state index is 13.2. The summed E-state index contributed by atoms with van der Waals surface area (Å²) in [6, 6.07) is 0.167. The molecule has 0 aliphatic heterocycles. The fraction of sp³-hybridized carbons (Fsp3) is 0.783. The summed E-state index contributed by atoms with van der Waals surface area (Å²) < 4.78 is 5.21. The molecule has 2 atom stereocenters. The van der Waals surface area contributed by atoms with Crippen molar-refractivity contribution >= 4 is 11.9 Å². The molecule has 158 valence electrons. The molecule has 1 aromatic heterocycles. The van der Waals surface area contributed by atoms with Gasteiger partial charge >= 0.3 is 5.97 Å². The molecule has 0 radical (unpaired) electrons. The van der Waals surface area contributed by atoms with Gasteiger partial charge in [0.2, 0.25) is 0 Å². The first kappa shape index (κ1) is 19.1. The number of carbonyl (C=O) groups is 2. The van der Waals surface area contributed by atoms with Crippen LogP contribution >= 0.6 is 0 Å². The van der Waals surface area contributed by atoms with Crippen molar-refractivity contribution in [3.63, 3.8) is 0 Å². The first-order valence-corrected chi connectivity index (χ1v) is 11.5. The highest BCUT2D eigenvalue weighted by atomic mass is 16.5. The zero-order valence-electron chi connectivity index (χ0n) is 17.6. The Hall–Kier alpha value is -1.85. The van der Waals surface area contributed by atoms with Crippen LogP contribution in [0.1, 0.15) is 80.5 Å². The second-order valence-corrected chi connectivity index (χ2v) is 10.2. The van der Waals surface area contributed by atoms with Crippen LogP contribution in [0, 0.1) is 29.1 Å². The highest BCUT2D eigenvalue weighted by molar-refractivity contribution is 5.94. The topological polar surface area (TPSA) is 84.1 Å². The maximum Gasteiger partial charge on any atom is 0.309 e. The Morgan fingerprint density at radius 2 is 1.86 bits per heavy atom. The minimum Gasteiger partial charge on any atom is -0.466 e. The Balaban J connectivity index is 1.30. The molecule has 5 aliphatic carbocycles. The van der Waals surface area contributed by atoms with Crippen molar-refractivity contribution in [3.05, 3.63) is 17.0 Å². The maximum atomic E-state index is 13.2. The van der Waals surface area contributed by atoms with Gasteiger partial charge < -0.3 is 10.1 Å². The number of H-pyrrole nitrogens is 1. The van der Waals surface area contributed by atoms with Crippen molar-refractivity contribution in [2.75, 3.05) is 6.61 Å². The Bertz CT molecular complexity index is 779. The molecule has 6 nitrogen and oxygen atoms in total. The van der Waals surface area contributed by atoms with Gasteiger partial charge in [0.15, 0.2) is 5.69 Å². The van der Waals surface area contributed by atoms with E-state index in [2.05, 4.69) is 22.4 Å². The number of hydrogen-bond acceptors (Lipinski definition) is 4. The number of hydrogen-bond donors (Lipinski definition) is 2. The number of aromatic nitrogens is 2. The highest BCUT2D eigenvalue weighted by Crippen LogP contribution is 2.61. The van der Waals surface area contributed by atoms with Crippen molar-refractivity contribution in [2.24, 2.45) is 29.1 Å². The van der Waals surface area contributed by atoms with Gasteiger partial charge in [0.1, 0.15) is 0 Å². The molecule has 4 fully saturated rings. The summed E-state index contributed by atoms with van der Waals surface area (Å²) >= 11 is 0. The van der Waals surface area contributed by atoms with Crippen LogP contribution in [0.25, 0.3) is 0 Å². The number of ether oxygens (including phenoxy) is 1. The molecule has 1 heterocycles. The third kappa shape index (κ3) is 3.28. The van der Waals surface area contributed by atoms with Crippen LogP contribution in [0.15, 0.2) is 0 Å². The summed E-state index contributed by atoms with van der Waals surface area (Å²) in [6.45, 7) is 4.42. The molecule has 6 rings (SSSR count). The summed E-state index contributed by atoms with van der Waals surface area (Å²) in [6.07, 6.45) is 10.0. The number of esters is 1. The standard InChI is InChI=1S/C23H33N3O3/c1-3-29-22(28)17-4-5-19-18(9-17)20(26-25-19)21(27)24-13(2)23-10-14-6-15(11-23)8-16(7-14)12-23/h13-17H,3-12H2,1-2H3,(H,24,27)(H,25,26). The molecule has 0 spiro atoms. The summed E-state index contributed by atoms with van der Waals surface area (Å²) in [7, 11) is 0. The summed E-state index contributed by atoms with van der Waals surface area (Å²) in [5.41, 5.74) is 2.65. The SMILES string of the molecule is CCOC(=O)C1CCc2[nH]nc(C(=O)NC(C)C34CC5CC(CC(C5)C3)C4)c2C1. The van der Waals surface area contributed by atoms with E-state index in [0.717, 1.165) is 41.9 Å². The Labute approximate surface area is 172 Å². The summed E-state index contributed by atoms with van der Waals surface area (Å²) in [5.74, 6) is 2.17. The minimum atomic E-state index is -0.174. The van der Waals surface area contributed by atoms with E-state index >= 15 is 0 Å². The predicted molar refractivity (Wildman–Crippen MR) is 108 cm³/mol. The van der Waals surface area contributed by atoms with E-state index < -0.39 is 0 Å². The van der Waals surface area contributed by atoms with Gasteiger partial charge in [-0.15, -0.1) is 0 Å². The van der Waals surface area contributed by atoms with Gasteiger partial charge in [-0.25, -0.2) is 0 Å². The average Bonchev–Trinajstić information content (AvgIpc) is 3.10. The van der Waals surface area contributed by atoms with Crippen molar-refractivity contribution in [1.82, 2.24) is 15.5 Å². The molecule has 2 N–H and O–H groups in total. The first-order chi connectivity index (χ1) is 14.0. The summed E-state index contributed by atoms with van der Waals surface area (Å²) in [4.78, 5) is 25.4. The van der Waals surface area contributed by atoms with Crippen LogP contribution in [-0.2, 0) is 22.4 Å². The van der Waals surface area contributed by atoms with Crippen LogP contribution in [0.5, 0.6) is 0 Å². The van der Waals surface area contributed by atoms with Gasteiger partial charge in [-0.05, 0) is 94.8 Å². The Morgan fingerprint density at radius 3 is 2.48 bits per heavy atom. The summed E-state index contributed by atoms with van der Waals surface area (Å²) in [5, 5.41) is 10.7. The Kier molecular flexibility index (Phi) is 4.71. The molecule has 1 amide bonds. The third-order valence-electron chi connectivity index (χ3n) is 8.33. The number of aryl methyl sites for hydroxylation is 1. The predicted octanol–water partition coefficient (Wildman–Crippen LogP) is 3.41. The van der Waals surface area contributed by atoms with Gasteiger partial charge in [-0.2, -0.15) is 5.10 Å². The second kappa shape index (κ2) is 7.13. The average molecular weight is 400 g/mol.